The highest BCUT2D eigenvalue weighted by Gasteiger charge is 2.17. The molecule has 11 heteroatoms. The van der Waals surface area contributed by atoms with Gasteiger partial charge in [-0.1, -0.05) is 72.3 Å². The first-order valence-corrected chi connectivity index (χ1v) is 16.9. The number of amides is 3. The predicted octanol–water partition coefficient (Wildman–Crippen LogP) is 8.90. The fourth-order valence-electron chi connectivity index (χ4n) is 4.68. The van der Waals surface area contributed by atoms with Gasteiger partial charge in [-0.25, -0.2) is 9.37 Å². The first-order chi connectivity index (χ1) is 23.3. The van der Waals surface area contributed by atoms with E-state index in [4.69, 9.17) is 11.6 Å². The number of rotatable bonds is 10. The lowest BCUT2D eigenvalue weighted by Crippen LogP contribution is -2.30. The third-order valence-electron chi connectivity index (χ3n) is 7.10. The number of benzene rings is 5. The maximum Gasteiger partial charge on any atom is 0.272 e. The summed E-state index contributed by atoms with van der Waals surface area (Å²) >= 11 is 8.87. The van der Waals surface area contributed by atoms with Gasteiger partial charge in [-0.2, -0.15) is 0 Å². The first kappa shape index (κ1) is 32.6. The molecule has 0 fully saturated rings. The molecular formula is C37H26ClFN4O3S2. The highest BCUT2D eigenvalue weighted by atomic mass is 35.5. The first-order valence-electron chi connectivity index (χ1n) is 14.6. The van der Waals surface area contributed by atoms with E-state index in [2.05, 4.69) is 45.2 Å². The Kier molecular flexibility index (Phi) is 10.3. The van der Waals surface area contributed by atoms with Gasteiger partial charge >= 0.3 is 0 Å². The fourth-order valence-corrected chi connectivity index (χ4v) is 6.34. The molecule has 0 unspecified atom stereocenters. The molecule has 3 amide bonds. The van der Waals surface area contributed by atoms with Crippen LogP contribution < -0.4 is 16.0 Å². The number of aromatic nitrogens is 1. The van der Waals surface area contributed by atoms with Crippen LogP contribution in [0.15, 0.2) is 131 Å². The van der Waals surface area contributed by atoms with Crippen molar-refractivity contribution < 1.29 is 18.8 Å². The molecule has 48 heavy (non-hydrogen) atoms. The molecule has 238 valence electrons. The Morgan fingerprint density at radius 3 is 2.35 bits per heavy atom. The van der Waals surface area contributed by atoms with Gasteiger partial charge in [-0.15, -0.1) is 23.1 Å². The van der Waals surface area contributed by atoms with E-state index in [0.29, 0.717) is 16.4 Å². The lowest BCUT2D eigenvalue weighted by atomic mass is 10.1. The summed E-state index contributed by atoms with van der Waals surface area (Å²) in [5, 5.41) is 12.9. The van der Waals surface area contributed by atoms with Gasteiger partial charge in [0.15, 0.2) is 5.13 Å². The summed E-state index contributed by atoms with van der Waals surface area (Å²) in [6, 6.07) is 33.6. The van der Waals surface area contributed by atoms with Crippen LogP contribution in [0.2, 0.25) is 5.02 Å². The number of hydrogen-bond donors (Lipinski definition) is 3. The van der Waals surface area contributed by atoms with Crippen LogP contribution in [-0.2, 0) is 9.59 Å². The fraction of sp³-hybridized carbons (Fsp3) is 0.0270. The number of thioether (sulfide) groups is 1. The van der Waals surface area contributed by atoms with E-state index < -0.39 is 17.6 Å². The minimum Gasteiger partial charge on any atom is -0.321 e. The molecule has 0 aliphatic carbocycles. The zero-order chi connectivity index (χ0) is 33.5. The Balaban J connectivity index is 1.07. The molecule has 0 atom stereocenters. The summed E-state index contributed by atoms with van der Waals surface area (Å²) in [6.45, 7) is 0. The van der Waals surface area contributed by atoms with Crippen molar-refractivity contribution in [3.05, 3.63) is 148 Å². The lowest BCUT2D eigenvalue weighted by molar-refractivity contribution is -0.114. The van der Waals surface area contributed by atoms with Crippen LogP contribution in [0.25, 0.3) is 28.1 Å². The second kappa shape index (κ2) is 15.1. The quantitative estimate of drug-likeness (QED) is 0.0984. The molecule has 0 radical (unpaired) electrons. The number of carbonyl (C=O) groups excluding carboxylic acids is 3. The smallest absolute Gasteiger partial charge is 0.272 e. The van der Waals surface area contributed by atoms with Crippen LogP contribution >= 0.6 is 34.7 Å². The van der Waals surface area contributed by atoms with Crippen molar-refractivity contribution in [2.24, 2.45) is 0 Å². The number of hydrogen-bond acceptors (Lipinski definition) is 6. The molecule has 0 spiro atoms. The van der Waals surface area contributed by atoms with E-state index in [1.807, 2.05) is 23.6 Å². The van der Waals surface area contributed by atoms with Gasteiger partial charge in [0, 0.05) is 32.7 Å². The second-order valence-electron chi connectivity index (χ2n) is 10.4. The zero-order valence-corrected chi connectivity index (χ0v) is 27.5. The normalized spacial score (nSPS) is 11.2. The molecule has 0 saturated heterocycles. The van der Waals surface area contributed by atoms with Crippen molar-refractivity contribution >= 4 is 80.1 Å². The number of carbonyl (C=O) groups is 3. The maximum atomic E-state index is 14.6. The molecule has 0 bridgehead atoms. The highest BCUT2D eigenvalue weighted by molar-refractivity contribution is 8.00. The second-order valence-corrected chi connectivity index (χ2v) is 12.7. The molecule has 5 aromatic carbocycles. The van der Waals surface area contributed by atoms with Crippen molar-refractivity contribution in [3.8, 4) is 11.3 Å². The van der Waals surface area contributed by atoms with E-state index >= 15 is 0 Å². The molecule has 6 aromatic rings. The van der Waals surface area contributed by atoms with E-state index in [9.17, 15) is 18.8 Å². The molecule has 1 heterocycles. The average Bonchev–Trinajstić information content (AvgIpc) is 3.57. The monoisotopic (exact) mass is 692 g/mol. The largest absolute Gasteiger partial charge is 0.321 e. The Labute approximate surface area is 288 Å². The number of fused-ring (bicyclic) bond motifs is 1. The Bertz CT molecular complexity index is 2130. The Morgan fingerprint density at radius 2 is 1.58 bits per heavy atom. The number of anilines is 2. The summed E-state index contributed by atoms with van der Waals surface area (Å²) in [4.78, 5) is 44.2. The minimum atomic E-state index is -0.676. The molecule has 7 nitrogen and oxygen atoms in total. The number of nitrogens with zero attached hydrogens (tertiary/aromatic N) is 1. The summed E-state index contributed by atoms with van der Waals surface area (Å²) in [6.07, 6.45) is 1.20. The zero-order valence-electron chi connectivity index (χ0n) is 25.1. The summed E-state index contributed by atoms with van der Waals surface area (Å²) in [7, 11) is 0. The van der Waals surface area contributed by atoms with Crippen LogP contribution in [0.3, 0.4) is 0 Å². The van der Waals surface area contributed by atoms with E-state index in [1.165, 1.54) is 47.4 Å². The molecule has 0 saturated carbocycles. The average molecular weight is 693 g/mol. The highest BCUT2D eigenvalue weighted by Crippen LogP contribution is 2.29. The van der Waals surface area contributed by atoms with Gasteiger partial charge in [0.25, 0.3) is 11.8 Å². The Hall–Kier alpha value is -5.29. The van der Waals surface area contributed by atoms with Crippen molar-refractivity contribution in [2.75, 3.05) is 16.4 Å². The van der Waals surface area contributed by atoms with Crippen molar-refractivity contribution in [2.45, 2.75) is 4.90 Å². The standard InChI is InChI=1S/C37H26ClFN4O3S2/c38-30-11-6-12-31(39)29(30)20-32(41-35(45)24-8-2-1-3-9-24)36(46)40-27-15-17-28(18-16-27)47-22-34(44)43-37-42-33(21-48-37)26-14-13-23-7-4-5-10-25(23)19-26/h1-21H,22H2,(H,40,46)(H,41,45)(H,42,43,44)/b32-20-. The van der Waals surface area contributed by atoms with Crippen molar-refractivity contribution in [1.29, 1.82) is 0 Å². The van der Waals surface area contributed by atoms with E-state index in [0.717, 1.165) is 26.9 Å². The van der Waals surface area contributed by atoms with Gasteiger partial charge in [0.1, 0.15) is 11.5 Å². The lowest BCUT2D eigenvalue weighted by Gasteiger charge is -2.12. The van der Waals surface area contributed by atoms with E-state index in [1.54, 1.807) is 54.6 Å². The molecule has 0 aliphatic heterocycles. The van der Waals surface area contributed by atoms with Crippen LogP contribution in [-0.4, -0.2) is 28.5 Å². The van der Waals surface area contributed by atoms with Crippen LogP contribution in [0.5, 0.6) is 0 Å². The third kappa shape index (κ3) is 8.16. The summed E-state index contributed by atoms with van der Waals surface area (Å²) < 4.78 is 14.6. The predicted molar refractivity (Wildman–Crippen MR) is 193 cm³/mol. The molecular weight excluding hydrogens is 667 g/mol. The van der Waals surface area contributed by atoms with Crippen LogP contribution in [0, 0.1) is 5.82 Å². The molecule has 3 N–H and O–H groups in total. The summed E-state index contributed by atoms with van der Waals surface area (Å²) in [5.41, 5.74) is 2.28. The number of halogens is 2. The molecule has 6 rings (SSSR count). The van der Waals surface area contributed by atoms with Gasteiger partial charge in [0.05, 0.1) is 16.5 Å². The Morgan fingerprint density at radius 1 is 0.833 bits per heavy atom. The van der Waals surface area contributed by atoms with Gasteiger partial charge in [-0.3, -0.25) is 14.4 Å². The van der Waals surface area contributed by atoms with Gasteiger partial charge in [-0.05, 0) is 71.4 Å². The van der Waals surface area contributed by atoms with Crippen molar-refractivity contribution in [1.82, 2.24) is 10.3 Å². The number of nitrogens with one attached hydrogen (secondary N) is 3. The molecule has 1 aromatic heterocycles. The SMILES string of the molecule is O=C(CSc1ccc(NC(=O)/C(=C/c2c(F)cccc2Cl)NC(=O)c2ccccc2)cc1)Nc1nc(-c2ccc3ccccc3c2)cs1. The van der Waals surface area contributed by atoms with Crippen molar-refractivity contribution in [3.63, 3.8) is 0 Å². The van der Waals surface area contributed by atoms with E-state index in [-0.39, 0.29) is 27.9 Å². The van der Waals surface area contributed by atoms with Crippen LogP contribution in [0.1, 0.15) is 15.9 Å². The number of thiazole rings is 1. The molecule has 0 aliphatic rings. The third-order valence-corrected chi connectivity index (χ3v) is 9.19. The van der Waals surface area contributed by atoms with Gasteiger partial charge in [0.2, 0.25) is 5.91 Å². The van der Waals surface area contributed by atoms with Gasteiger partial charge < -0.3 is 16.0 Å². The van der Waals surface area contributed by atoms with Crippen LogP contribution in [0.4, 0.5) is 15.2 Å². The topological polar surface area (TPSA) is 100 Å². The maximum absolute atomic E-state index is 14.6. The minimum absolute atomic E-state index is 0.0367. The summed E-state index contributed by atoms with van der Waals surface area (Å²) in [5.74, 6) is -1.92.